The first kappa shape index (κ1) is 24.7. The highest BCUT2D eigenvalue weighted by Crippen LogP contribution is 2.15. The van der Waals surface area contributed by atoms with Crippen LogP contribution in [0.5, 0.6) is 11.6 Å². The molecule has 1 N–H and O–H groups in total. The number of aromatic nitrogens is 2. The molecule has 1 heterocycles. The van der Waals surface area contributed by atoms with Crippen molar-refractivity contribution < 1.29 is 18.7 Å². The molecule has 0 bridgehead atoms. The van der Waals surface area contributed by atoms with Crippen LogP contribution in [0.15, 0.2) is 89.7 Å². The molecule has 7 nitrogen and oxygen atoms in total. The van der Waals surface area contributed by atoms with Gasteiger partial charge in [0.05, 0.1) is 11.8 Å². The van der Waals surface area contributed by atoms with E-state index in [4.69, 9.17) is 9.47 Å². The summed E-state index contributed by atoms with van der Waals surface area (Å²) in [5.41, 5.74) is 2.17. The zero-order valence-corrected chi connectivity index (χ0v) is 20.0. The summed E-state index contributed by atoms with van der Waals surface area (Å²) in [6, 6.07) is 22.9. The van der Waals surface area contributed by atoms with Crippen molar-refractivity contribution in [3.63, 3.8) is 0 Å². The lowest BCUT2D eigenvalue weighted by atomic mass is 10.1. The standard InChI is InChI=1S/C28H26FN3O4/c1-19(2)36-25-12-6-20(7-13-25)17-30-28(34)22-8-10-24(11-9-22)32-27(33)15-14-26(31-32)35-18-21-4-3-5-23(29)16-21/h3-16,19H,17-18H2,1-2H3,(H,30,34). The smallest absolute Gasteiger partial charge is 0.271 e. The molecule has 0 atom stereocenters. The number of nitrogens with one attached hydrogen (secondary N) is 1. The van der Waals surface area contributed by atoms with Crippen LogP contribution in [0.25, 0.3) is 5.69 Å². The molecule has 1 amide bonds. The van der Waals surface area contributed by atoms with Gasteiger partial charge < -0.3 is 14.8 Å². The Morgan fingerprint density at radius 2 is 1.72 bits per heavy atom. The van der Waals surface area contributed by atoms with Crippen LogP contribution in [0, 0.1) is 5.82 Å². The second kappa shape index (κ2) is 11.3. The van der Waals surface area contributed by atoms with E-state index in [2.05, 4.69) is 10.4 Å². The van der Waals surface area contributed by atoms with Gasteiger partial charge in [-0.25, -0.2) is 4.39 Å². The van der Waals surface area contributed by atoms with Gasteiger partial charge in [-0.1, -0.05) is 24.3 Å². The summed E-state index contributed by atoms with van der Waals surface area (Å²) in [6.45, 7) is 4.40. The van der Waals surface area contributed by atoms with Crippen LogP contribution in [-0.2, 0) is 13.2 Å². The number of hydrogen-bond donors (Lipinski definition) is 1. The van der Waals surface area contributed by atoms with E-state index >= 15 is 0 Å². The maximum atomic E-state index is 13.4. The van der Waals surface area contributed by atoms with Gasteiger partial charge in [-0.3, -0.25) is 9.59 Å². The average Bonchev–Trinajstić information content (AvgIpc) is 2.87. The Labute approximate surface area is 208 Å². The highest BCUT2D eigenvalue weighted by molar-refractivity contribution is 5.94. The summed E-state index contributed by atoms with van der Waals surface area (Å²) >= 11 is 0. The van der Waals surface area contributed by atoms with Crippen LogP contribution in [-0.4, -0.2) is 21.8 Å². The van der Waals surface area contributed by atoms with Gasteiger partial charge in [0, 0.05) is 24.2 Å². The fourth-order valence-electron chi connectivity index (χ4n) is 3.44. The number of nitrogens with zero attached hydrogens (tertiary/aromatic N) is 2. The molecule has 0 aliphatic rings. The highest BCUT2D eigenvalue weighted by atomic mass is 19.1. The number of hydrogen-bond acceptors (Lipinski definition) is 5. The summed E-state index contributed by atoms with van der Waals surface area (Å²) in [5, 5.41) is 7.11. The Balaban J connectivity index is 1.38. The van der Waals surface area contributed by atoms with Crippen LogP contribution in [0.2, 0.25) is 0 Å². The van der Waals surface area contributed by atoms with Crippen molar-refractivity contribution >= 4 is 5.91 Å². The monoisotopic (exact) mass is 487 g/mol. The highest BCUT2D eigenvalue weighted by Gasteiger charge is 2.09. The maximum Gasteiger partial charge on any atom is 0.271 e. The van der Waals surface area contributed by atoms with Crippen LogP contribution < -0.4 is 20.3 Å². The lowest BCUT2D eigenvalue weighted by Crippen LogP contribution is -2.23. The Morgan fingerprint density at radius 1 is 0.972 bits per heavy atom. The van der Waals surface area contributed by atoms with E-state index in [9.17, 15) is 14.0 Å². The quantitative estimate of drug-likeness (QED) is 0.371. The maximum absolute atomic E-state index is 13.4. The average molecular weight is 488 g/mol. The Hall–Kier alpha value is -4.46. The largest absolute Gasteiger partial charge is 0.491 e. The second-order valence-electron chi connectivity index (χ2n) is 8.38. The molecule has 1 aromatic heterocycles. The first-order valence-electron chi connectivity index (χ1n) is 11.5. The number of carbonyl (C=O) groups excluding carboxylic acids is 1. The molecule has 0 saturated carbocycles. The van der Waals surface area contributed by atoms with Gasteiger partial charge in [0.25, 0.3) is 11.5 Å². The van der Waals surface area contributed by atoms with E-state index < -0.39 is 0 Å². The zero-order chi connectivity index (χ0) is 25.5. The number of rotatable bonds is 9. The lowest BCUT2D eigenvalue weighted by molar-refractivity contribution is 0.0951. The van der Waals surface area contributed by atoms with Crippen LogP contribution in [0.4, 0.5) is 4.39 Å². The topological polar surface area (TPSA) is 82.4 Å². The fraction of sp³-hybridized carbons (Fsp3) is 0.179. The molecule has 0 fully saturated rings. The van der Waals surface area contributed by atoms with E-state index in [0.29, 0.717) is 23.4 Å². The number of halogens is 1. The predicted molar refractivity (Wildman–Crippen MR) is 134 cm³/mol. The van der Waals surface area contributed by atoms with Gasteiger partial charge in [-0.2, -0.15) is 4.68 Å². The molecule has 0 spiro atoms. The molecule has 0 radical (unpaired) electrons. The first-order valence-corrected chi connectivity index (χ1v) is 11.5. The van der Waals surface area contributed by atoms with Crippen molar-refractivity contribution in [1.82, 2.24) is 15.1 Å². The molecule has 0 unspecified atom stereocenters. The Bertz CT molecular complexity index is 1380. The minimum Gasteiger partial charge on any atom is -0.491 e. The zero-order valence-electron chi connectivity index (χ0n) is 20.0. The third-order valence-corrected chi connectivity index (χ3v) is 5.17. The molecule has 0 aliphatic heterocycles. The molecule has 4 aromatic rings. The summed E-state index contributed by atoms with van der Waals surface area (Å²) in [5.74, 6) is 0.400. The van der Waals surface area contributed by atoms with Gasteiger partial charge in [0.1, 0.15) is 18.2 Å². The van der Waals surface area contributed by atoms with E-state index in [1.54, 1.807) is 36.4 Å². The van der Waals surface area contributed by atoms with Gasteiger partial charge in [-0.15, -0.1) is 5.10 Å². The van der Waals surface area contributed by atoms with Crippen LogP contribution in [0.1, 0.15) is 35.3 Å². The molecule has 184 valence electrons. The number of ether oxygens (including phenoxy) is 2. The molecule has 0 saturated heterocycles. The molecule has 36 heavy (non-hydrogen) atoms. The van der Waals surface area contributed by atoms with Crippen molar-refractivity contribution in [1.29, 1.82) is 0 Å². The first-order chi connectivity index (χ1) is 17.4. The van der Waals surface area contributed by atoms with E-state index in [-0.39, 0.29) is 35.9 Å². The van der Waals surface area contributed by atoms with E-state index in [1.165, 1.54) is 28.9 Å². The van der Waals surface area contributed by atoms with E-state index in [1.807, 2.05) is 38.1 Å². The van der Waals surface area contributed by atoms with Gasteiger partial charge >= 0.3 is 0 Å². The lowest BCUT2D eigenvalue weighted by Gasteiger charge is -2.11. The minimum absolute atomic E-state index is 0.0970. The third-order valence-electron chi connectivity index (χ3n) is 5.17. The van der Waals surface area contributed by atoms with Gasteiger partial charge in [-0.05, 0) is 73.5 Å². The van der Waals surface area contributed by atoms with Crippen molar-refractivity contribution in [2.24, 2.45) is 0 Å². The van der Waals surface area contributed by atoms with Crippen molar-refractivity contribution in [3.8, 4) is 17.3 Å². The fourth-order valence-corrected chi connectivity index (χ4v) is 3.44. The SMILES string of the molecule is CC(C)Oc1ccc(CNC(=O)c2ccc(-n3nc(OCc4cccc(F)c4)ccc3=O)cc2)cc1. The summed E-state index contributed by atoms with van der Waals surface area (Å²) in [4.78, 5) is 24.9. The molecule has 0 aliphatic carbocycles. The van der Waals surface area contributed by atoms with Gasteiger partial charge in [0.2, 0.25) is 5.88 Å². The predicted octanol–water partition coefficient (Wildman–Crippen LogP) is 4.67. The number of benzene rings is 3. The van der Waals surface area contributed by atoms with Gasteiger partial charge in [0.15, 0.2) is 0 Å². The normalized spacial score (nSPS) is 10.8. The van der Waals surface area contributed by atoms with E-state index in [0.717, 1.165) is 11.3 Å². The molecular weight excluding hydrogens is 461 g/mol. The minimum atomic E-state index is -0.354. The third kappa shape index (κ3) is 6.56. The molecule has 8 heteroatoms. The number of amides is 1. The van der Waals surface area contributed by atoms with Crippen molar-refractivity contribution in [3.05, 3.63) is 118 Å². The Morgan fingerprint density at radius 3 is 2.42 bits per heavy atom. The molecule has 3 aromatic carbocycles. The van der Waals surface area contributed by atoms with Crippen LogP contribution >= 0.6 is 0 Å². The number of carbonyl (C=O) groups is 1. The van der Waals surface area contributed by atoms with Crippen molar-refractivity contribution in [2.45, 2.75) is 33.1 Å². The van der Waals surface area contributed by atoms with Crippen LogP contribution in [0.3, 0.4) is 0 Å². The molecular formula is C28H26FN3O4. The second-order valence-corrected chi connectivity index (χ2v) is 8.38. The van der Waals surface area contributed by atoms with Crippen molar-refractivity contribution in [2.75, 3.05) is 0 Å². The summed E-state index contributed by atoms with van der Waals surface area (Å²) in [6.07, 6.45) is 0.0970. The molecule has 4 rings (SSSR count). The summed E-state index contributed by atoms with van der Waals surface area (Å²) in [7, 11) is 0. The summed E-state index contributed by atoms with van der Waals surface area (Å²) < 4.78 is 25.8. The Kier molecular flexibility index (Phi) is 7.75.